The van der Waals surface area contributed by atoms with Crippen LogP contribution in [-0.4, -0.2) is 17.9 Å². The van der Waals surface area contributed by atoms with Crippen LogP contribution in [0.1, 0.15) is 54.2 Å². The number of ether oxygens (including phenoxy) is 1. The van der Waals surface area contributed by atoms with Crippen molar-refractivity contribution in [1.29, 1.82) is 0 Å². The second-order valence-electron chi connectivity index (χ2n) is 7.71. The molecule has 0 spiro atoms. The Labute approximate surface area is 162 Å². The van der Waals surface area contributed by atoms with Gasteiger partial charge in [0, 0.05) is 11.6 Å². The Balaban J connectivity index is 1.77. The normalized spacial score (nSPS) is 12.6. The molecule has 2 aromatic carbocycles. The van der Waals surface area contributed by atoms with Gasteiger partial charge in [-0.1, -0.05) is 57.2 Å². The average molecular weight is 378 g/mol. The van der Waals surface area contributed by atoms with Gasteiger partial charge >= 0.3 is 5.97 Å². The van der Waals surface area contributed by atoms with Crippen molar-refractivity contribution < 1.29 is 18.7 Å². The second-order valence-corrected chi connectivity index (χ2v) is 7.71. The number of rotatable bonds is 4. The minimum Gasteiger partial charge on any atom is -0.449 e. The molecule has 0 unspecified atom stereocenters. The molecule has 1 atom stereocenters. The van der Waals surface area contributed by atoms with E-state index in [0.717, 1.165) is 11.6 Å². The van der Waals surface area contributed by atoms with Gasteiger partial charge in [0.25, 0.3) is 0 Å². The molecule has 3 rings (SSSR count). The van der Waals surface area contributed by atoms with Crippen LogP contribution in [0.3, 0.4) is 0 Å². The standard InChI is InChI=1S/C23H22O5/c1-14(21(25)15-9-11-16(12-10-15)23(2,3)4)27-22(26)20-13-18(24)17-7-5-6-8-19(17)28-20/h5-14H,1-4H3/t14-/m0/s1. The van der Waals surface area contributed by atoms with E-state index in [1.807, 2.05) is 12.1 Å². The molecule has 0 amide bonds. The van der Waals surface area contributed by atoms with Gasteiger partial charge in [0.15, 0.2) is 11.5 Å². The summed E-state index contributed by atoms with van der Waals surface area (Å²) in [5.41, 5.74) is 1.48. The second kappa shape index (κ2) is 7.43. The third-order valence-electron chi connectivity index (χ3n) is 4.52. The van der Waals surface area contributed by atoms with Gasteiger partial charge in [-0.05, 0) is 30.0 Å². The zero-order valence-corrected chi connectivity index (χ0v) is 16.3. The summed E-state index contributed by atoms with van der Waals surface area (Å²) in [5.74, 6) is -1.40. The lowest BCUT2D eigenvalue weighted by molar-refractivity contribution is 0.0289. The maximum absolute atomic E-state index is 12.6. The molecule has 0 bridgehead atoms. The first-order valence-corrected chi connectivity index (χ1v) is 9.05. The van der Waals surface area contributed by atoms with Crippen LogP contribution >= 0.6 is 0 Å². The molecule has 1 heterocycles. The number of esters is 1. The third-order valence-corrected chi connectivity index (χ3v) is 4.52. The van der Waals surface area contributed by atoms with Gasteiger partial charge in [0.05, 0.1) is 5.39 Å². The predicted octanol–water partition coefficient (Wildman–Crippen LogP) is 4.52. The summed E-state index contributed by atoms with van der Waals surface area (Å²) in [6.07, 6.45) is -1.01. The van der Waals surface area contributed by atoms with Crippen molar-refractivity contribution in [2.75, 3.05) is 0 Å². The Bertz CT molecular complexity index is 1080. The summed E-state index contributed by atoms with van der Waals surface area (Å²) in [4.78, 5) is 37.1. The van der Waals surface area contributed by atoms with Gasteiger partial charge in [-0.25, -0.2) is 4.79 Å². The maximum atomic E-state index is 12.6. The van der Waals surface area contributed by atoms with Gasteiger partial charge in [-0.2, -0.15) is 0 Å². The first-order chi connectivity index (χ1) is 13.2. The molecular formula is C23H22O5. The van der Waals surface area contributed by atoms with Crippen LogP contribution in [-0.2, 0) is 10.2 Å². The van der Waals surface area contributed by atoms with E-state index in [1.165, 1.54) is 6.92 Å². The number of fused-ring (bicyclic) bond motifs is 1. The van der Waals surface area contributed by atoms with Gasteiger partial charge in [-0.3, -0.25) is 9.59 Å². The van der Waals surface area contributed by atoms with Gasteiger partial charge in [0.2, 0.25) is 11.5 Å². The molecular weight excluding hydrogens is 356 g/mol. The topological polar surface area (TPSA) is 73.6 Å². The Morgan fingerprint density at radius 2 is 1.64 bits per heavy atom. The summed E-state index contributed by atoms with van der Waals surface area (Å²) >= 11 is 0. The van der Waals surface area contributed by atoms with E-state index < -0.39 is 12.1 Å². The predicted molar refractivity (Wildman–Crippen MR) is 107 cm³/mol. The number of para-hydroxylation sites is 1. The highest BCUT2D eigenvalue weighted by Gasteiger charge is 2.23. The lowest BCUT2D eigenvalue weighted by atomic mass is 9.86. The van der Waals surface area contributed by atoms with Crippen LogP contribution in [0.4, 0.5) is 0 Å². The fraction of sp³-hybridized carbons (Fsp3) is 0.261. The van der Waals surface area contributed by atoms with Crippen molar-refractivity contribution in [3.05, 3.63) is 81.7 Å². The quantitative estimate of drug-likeness (QED) is 0.493. The molecule has 0 N–H and O–H groups in total. The van der Waals surface area contributed by atoms with Crippen molar-refractivity contribution in [3.63, 3.8) is 0 Å². The number of carbonyl (C=O) groups excluding carboxylic acids is 2. The van der Waals surface area contributed by atoms with Crippen LogP contribution in [0.25, 0.3) is 11.0 Å². The van der Waals surface area contributed by atoms with Gasteiger partial charge < -0.3 is 9.15 Å². The summed E-state index contributed by atoms with van der Waals surface area (Å²) in [6.45, 7) is 7.76. The molecule has 0 aliphatic heterocycles. The third kappa shape index (κ3) is 4.03. The van der Waals surface area contributed by atoms with Crippen LogP contribution in [0.15, 0.2) is 63.8 Å². The molecule has 5 heteroatoms. The summed E-state index contributed by atoms with van der Waals surface area (Å²) in [5, 5.41) is 0.377. The van der Waals surface area contributed by atoms with E-state index in [0.29, 0.717) is 16.5 Å². The molecule has 5 nitrogen and oxygen atoms in total. The fourth-order valence-corrected chi connectivity index (χ4v) is 2.85. The van der Waals surface area contributed by atoms with Crippen molar-refractivity contribution >= 4 is 22.7 Å². The van der Waals surface area contributed by atoms with Gasteiger partial charge in [-0.15, -0.1) is 0 Å². The molecule has 144 valence electrons. The summed E-state index contributed by atoms with van der Waals surface area (Å²) < 4.78 is 10.7. The molecule has 0 radical (unpaired) electrons. The molecule has 3 aromatic rings. The van der Waals surface area contributed by atoms with Gasteiger partial charge in [0.1, 0.15) is 5.58 Å². The van der Waals surface area contributed by atoms with Crippen molar-refractivity contribution in [1.82, 2.24) is 0 Å². The Morgan fingerprint density at radius 3 is 2.29 bits per heavy atom. The zero-order chi connectivity index (χ0) is 20.5. The van der Waals surface area contributed by atoms with Crippen LogP contribution in [0.5, 0.6) is 0 Å². The Morgan fingerprint density at radius 1 is 1.00 bits per heavy atom. The SMILES string of the molecule is C[C@H](OC(=O)c1cc(=O)c2ccccc2o1)C(=O)c1ccc(C(C)(C)C)cc1. The number of hydrogen-bond donors (Lipinski definition) is 0. The molecule has 0 saturated heterocycles. The van der Waals surface area contributed by atoms with E-state index in [9.17, 15) is 14.4 Å². The smallest absolute Gasteiger partial charge is 0.375 e. The molecule has 0 aliphatic rings. The minimum atomic E-state index is -1.01. The number of carbonyl (C=O) groups is 2. The first-order valence-electron chi connectivity index (χ1n) is 9.05. The van der Waals surface area contributed by atoms with Crippen molar-refractivity contribution in [2.24, 2.45) is 0 Å². The molecule has 1 aromatic heterocycles. The lowest BCUT2D eigenvalue weighted by Gasteiger charge is -2.19. The highest BCUT2D eigenvalue weighted by atomic mass is 16.6. The summed E-state index contributed by atoms with van der Waals surface area (Å²) in [7, 11) is 0. The largest absolute Gasteiger partial charge is 0.449 e. The Kier molecular flexibility index (Phi) is 5.18. The fourth-order valence-electron chi connectivity index (χ4n) is 2.85. The number of benzene rings is 2. The Hall–Kier alpha value is -3.21. The van der Waals surface area contributed by atoms with E-state index in [1.54, 1.807) is 36.4 Å². The molecule has 28 heavy (non-hydrogen) atoms. The van der Waals surface area contributed by atoms with E-state index >= 15 is 0 Å². The first kappa shape index (κ1) is 19.5. The van der Waals surface area contributed by atoms with Crippen LogP contribution < -0.4 is 5.43 Å². The highest BCUT2D eigenvalue weighted by Crippen LogP contribution is 2.23. The molecule has 0 fully saturated rings. The molecule has 0 aliphatic carbocycles. The van der Waals surface area contributed by atoms with Crippen LogP contribution in [0, 0.1) is 0 Å². The van der Waals surface area contributed by atoms with E-state index in [-0.39, 0.29) is 22.4 Å². The van der Waals surface area contributed by atoms with E-state index in [2.05, 4.69) is 20.8 Å². The van der Waals surface area contributed by atoms with Crippen molar-refractivity contribution in [2.45, 2.75) is 39.2 Å². The number of ketones is 1. The average Bonchev–Trinajstić information content (AvgIpc) is 2.66. The van der Waals surface area contributed by atoms with Crippen LogP contribution in [0.2, 0.25) is 0 Å². The van der Waals surface area contributed by atoms with Crippen molar-refractivity contribution in [3.8, 4) is 0 Å². The number of Topliss-reactive ketones (excluding diaryl/α,β-unsaturated/α-hetero) is 1. The minimum absolute atomic E-state index is 0.0206. The lowest BCUT2D eigenvalue weighted by Crippen LogP contribution is -2.25. The zero-order valence-electron chi connectivity index (χ0n) is 16.3. The maximum Gasteiger partial charge on any atom is 0.375 e. The highest BCUT2D eigenvalue weighted by molar-refractivity contribution is 6.01. The molecule has 0 saturated carbocycles. The number of hydrogen-bond acceptors (Lipinski definition) is 5. The monoisotopic (exact) mass is 378 g/mol. The van der Waals surface area contributed by atoms with E-state index in [4.69, 9.17) is 9.15 Å². The summed E-state index contributed by atoms with van der Waals surface area (Å²) in [6, 6.07) is 14.9.